The van der Waals surface area contributed by atoms with E-state index in [0.717, 1.165) is 42.7 Å². The summed E-state index contributed by atoms with van der Waals surface area (Å²) < 4.78 is 32.4. The van der Waals surface area contributed by atoms with Gasteiger partial charge in [0.05, 0.1) is 17.6 Å². The van der Waals surface area contributed by atoms with Crippen LogP contribution in [0.1, 0.15) is 59.7 Å². The van der Waals surface area contributed by atoms with Gasteiger partial charge in [0.15, 0.2) is 24.0 Å². The van der Waals surface area contributed by atoms with Crippen molar-refractivity contribution in [3.05, 3.63) is 30.1 Å². The van der Waals surface area contributed by atoms with E-state index in [1.807, 2.05) is 45.9 Å². The number of unbranched alkanes of at least 4 members (excludes halogenated alkanes) is 2. The van der Waals surface area contributed by atoms with Crippen molar-refractivity contribution in [1.82, 2.24) is 14.9 Å². The van der Waals surface area contributed by atoms with Crippen LogP contribution in [0, 0.1) is 0 Å². The van der Waals surface area contributed by atoms with Gasteiger partial charge in [-0.2, -0.15) is 0 Å². The van der Waals surface area contributed by atoms with Crippen LogP contribution in [-0.2, 0) is 41.6 Å². The molecule has 0 bridgehead atoms. The summed E-state index contributed by atoms with van der Waals surface area (Å²) >= 11 is 0. The first-order chi connectivity index (χ1) is 16.2. The number of imidazole rings is 1. The molecule has 0 aliphatic carbocycles. The number of hydrogen-bond donors (Lipinski definition) is 1. The van der Waals surface area contributed by atoms with E-state index < -0.39 is 42.3 Å². The van der Waals surface area contributed by atoms with Crippen molar-refractivity contribution in [3.8, 4) is 0 Å². The predicted molar refractivity (Wildman–Crippen MR) is 124 cm³/mol. The van der Waals surface area contributed by atoms with Crippen LogP contribution in [0.4, 0.5) is 0 Å². The van der Waals surface area contributed by atoms with Gasteiger partial charge in [-0.3, -0.25) is 4.79 Å². The molecule has 5 rings (SSSR count). The van der Waals surface area contributed by atoms with Gasteiger partial charge in [-0.15, -0.1) is 0 Å². The number of benzene rings is 1. The molecule has 0 spiro atoms. The standard InChI is InChI=1S/C25H35N3O6/c1-6-7-10-13-28-16-12-9-8-11-15(16)27-17(28)14-26-22(29)20-18-19(32-24(2,3)31-18)21-23(30-20)34-25(4,5)33-21/h8-9,11-12,18-21,23H,6-7,10,13-14H2,1-5H3,(H,26,29)/t18-,19+,20+,21+,23+/m0/s1. The number of para-hydroxylation sites is 2. The first kappa shape index (κ1) is 23.7. The normalized spacial score (nSPS) is 31.4. The highest BCUT2D eigenvalue weighted by molar-refractivity contribution is 5.82. The second kappa shape index (κ2) is 8.87. The van der Waals surface area contributed by atoms with Crippen LogP contribution in [-0.4, -0.2) is 57.7 Å². The zero-order valence-electron chi connectivity index (χ0n) is 20.6. The molecule has 5 atom stereocenters. The van der Waals surface area contributed by atoms with E-state index in [1.165, 1.54) is 0 Å². The lowest BCUT2D eigenvalue weighted by Gasteiger charge is -2.36. The molecule has 34 heavy (non-hydrogen) atoms. The van der Waals surface area contributed by atoms with Crippen molar-refractivity contribution >= 4 is 16.9 Å². The third kappa shape index (κ3) is 4.47. The zero-order valence-corrected chi connectivity index (χ0v) is 20.6. The molecule has 1 aromatic heterocycles. The highest BCUT2D eigenvalue weighted by atomic mass is 16.9. The second-order valence-corrected chi connectivity index (χ2v) is 10.2. The summed E-state index contributed by atoms with van der Waals surface area (Å²) in [5.41, 5.74) is 2.00. The van der Waals surface area contributed by atoms with Crippen LogP contribution in [0.15, 0.2) is 24.3 Å². The number of fused-ring (bicyclic) bond motifs is 4. The number of aryl methyl sites for hydroxylation is 1. The Hall–Kier alpha value is -2.04. The Balaban J connectivity index is 1.33. The SMILES string of the molecule is CCCCCn1c(CNC(=O)[C@@H]2O[C@@H]3OC(C)(C)O[C@@H]3[C@@H]3OC(C)(C)O[C@@H]32)nc2ccccc21. The first-order valence-electron chi connectivity index (χ1n) is 12.3. The molecule has 2 aromatic rings. The number of ether oxygens (including phenoxy) is 5. The molecule has 0 unspecified atom stereocenters. The second-order valence-electron chi connectivity index (χ2n) is 10.2. The molecule has 3 fully saturated rings. The molecule has 9 nitrogen and oxygen atoms in total. The van der Waals surface area contributed by atoms with Crippen LogP contribution in [0.25, 0.3) is 11.0 Å². The third-order valence-corrected chi connectivity index (χ3v) is 6.55. The molecule has 3 saturated heterocycles. The minimum Gasteiger partial charge on any atom is -0.347 e. The number of carbonyl (C=O) groups is 1. The quantitative estimate of drug-likeness (QED) is 0.617. The van der Waals surface area contributed by atoms with Gasteiger partial charge >= 0.3 is 0 Å². The van der Waals surface area contributed by atoms with Crippen LogP contribution in [0.5, 0.6) is 0 Å². The minimum absolute atomic E-state index is 0.282. The number of rotatable bonds is 7. The van der Waals surface area contributed by atoms with E-state index in [4.69, 9.17) is 28.7 Å². The van der Waals surface area contributed by atoms with Crippen LogP contribution in [0.3, 0.4) is 0 Å². The zero-order chi connectivity index (χ0) is 24.1. The van der Waals surface area contributed by atoms with Crippen molar-refractivity contribution < 1.29 is 28.5 Å². The van der Waals surface area contributed by atoms with Crippen molar-refractivity contribution in [2.45, 2.75) is 109 Å². The van der Waals surface area contributed by atoms with Crippen molar-refractivity contribution in [3.63, 3.8) is 0 Å². The molecule has 0 saturated carbocycles. The topological polar surface area (TPSA) is 93.1 Å². The Labute approximate surface area is 200 Å². The first-order valence-corrected chi connectivity index (χ1v) is 12.3. The number of carbonyl (C=O) groups excluding carboxylic acids is 1. The van der Waals surface area contributed by atoms with Crippen LogP contribution >= 0.6 is 0 Å². The van der Waals surface area contributed by atoms with Crippen molar-refractivity contribution in [1.29, 1.82) is 0 Å². The number of nitrogens with zero attached hydrogens (tertiary/aromatic N) is 2. The average Bonchev–Trinajstić information content (AvgIpc) is 3.40. The number of amides is 1. The summed E-state index contributed by atoms with van der Waals surface area (Å²) in [5, 5.41) is 3.02. The molecule has 4 heterocycles. The Morgan fingerprint density at radius 3 is 2.50 bits per heavy atom. The van der Waals surface area contributed by atoms with Gasteiger partial charge in [0.1, 0.15) is 24.1 Å². The van der Waals surface area contributed by atoms with Gasteiger partial charge in [-0.05, 0) is 46.2 Å². The molecular formula is C25H35N3O6. The fourth-order valence-electron chi connectivity index (χ4n) is 5.12. The van der Waals surface area contributed by atoms with Gasteiger partial charge in [0.2, 0.25) is 0 Å². The van der Waals surface area contributed by atoms with E-state index in [1.54, 1.807) is 0 Å². The summed E-state index contributed by atoms with van der Waals surface area (Å²) in [7, 11) is 0. The van der Waals surface area contributed by atoms with E-state index >= 15 is 0 Å². The smallest absolute Gasteiger partial charge is 0.252 e. The molecular weight excluding hydrogens is 438 g/mol. The van der Waals surface area contributed by atoms with Gasteiger partial charge in [0.25, 0.3) is 5.91 Å². The Morgan fingerprint density at radius 1 is 1.00 bits per heavy atom. The van der Waals surface area contributed by atoms with E-state index in [9.17, 15) is 4.79 Å². The van der Waals surface area contributed by atoms with Gasteiger partial charge < -0.3 is 33.6 Å². The molecule has 0 radical (unpaired) electrons. The Kier molecular flexibility index (Phi) is 6.18. The monoisotopic (exact) mass is 473 g/mol. The lowest BCUT2D eigenvalue weighted by atomic mass is 9.98. The highest BCUT2D eigenvalue weighted by Crippen LogP contribution is 2.44. The van der Waals surface area contributed by atoms with Crippen LogP contribution in [0.2, 0.25) is 0 Å². The summed E-state index contributed by atoms with van der Waals surface area (Å²) in [6, 6.07) is 8.06. The van der Waals surface area contributed by atoms with E-state index in [-0.39, 0.29) is 12.5 Å². The molecule has 1 aromatic carbocycles. The maximum absolute atomic E-state index is 13.4. The molecule has 9 heteroatoms. The van der Waals surface area contributed by atoms with Gasteiger partial charge in [-0.25, -0.2) is 4.98 Å². The molecule has 1 N–H and O–H groups in total. The van der Waals surface area contributed by atoms with Crippen LogP contribution < -0.4 is 5.32 Å². The van der Waals surface area contributed by atoms with Crippen molar-refractivity contribution in [2.75, 3.05) is 0 Å². The minimum atomic E-state index is -0.886. The Bertz CT molecular complexity index is 1050. The Morgan fingerprint density at radius 2 is 1.71 bits per heavy atom. The van der Waals surface area contributed by atoms with E-state index in [0.29, 0.717) is 0 Å². The summed E-state index contributed by atoms with van der Waals surface area (Å²) in [6.07, 6.45) is 0.223. The molecule has 3 aliphatic rings. The fraction of sp³-hybridized carbons (Fsp3) is 0.680. The third-order valence-electron chi connectivity index (χ3n) is 6.55. The molecule has 186 valence electrons. The van der Waals surface area contributed by atoms with Gasteiger partial charge in [0, 0.05) is 6.54 Å². The maximum atomic E-state index is 13.4. The number of hydrogen-bond acceptors (Lipinski definition) is 7. The number of aromatic nitrogens is 2. The summed E-state index contributed by atoms with van der Waals surface area (Å²) in [4.78, 5) is 18.1. The number of nitrogens with one attached hydrogen (secondary N) is 1. The summed E-state index contributed by atoms with van der Waals surface area (Å²) in [5.74, 6) is -1.14. The maximum Gasteiger partial charge on any atom is 0.252 e. The lowest BCUT2D eigenvalue weighted by molar-refractivity contribution is -0.231. The fourth-order valence-corrected chi connectivity index (χ4v) is 5.12. The lowest BCUT2D eigenvalue weighted by Crippen LogP contribution is -2.59. The largest absolute Gasteiger partial charge is 0.347 e. The van der Waals surface area contributed by atoms with E-state index in [2.05, 4.69) is 22.9 Å². The predicted octanol–water partition coefficient (Wildman–Crippen LogP) is 3.24. The average molecular weight is 474 g/mol. The molecule has 3 aliphatic heterocycles. The van der Waals surface area contributed by atoms with Gasteiger partial charge in [-0.1, -0.05) is 31.9 Å². The van der Waals surface area contributed by atoms with Crippen molar-refractivity contribution in [2.24, 2.45) is 0 Å². The summed E-state index contributed by atoms with van der Waals surface area (Å²) in [6.45, 7) is 10.6. The molecule has 1 amide bonds. The highest BCUT2D eigenvalue weighted by Gasteiger charge is 2.62.